The number of hydrogen-bond acceptors (Lipinski definition) is 5. The fraction of sp³-hybridized carbons (Fsp3) is 0.733. The zero-order chi connectivity index (χ0) is 15.6. The lowest BCUT2D eigenvalue weighted by Crippen LogP contribution is -2.52. The van der Waals surface area contributed by atoms with Crippen LogP contribution in [-0.4, -0.2) is 73.4 Å². The van der Waals surface area contributed by atoms with Crippen molar-refractivity contribution in [3.05, 3.63) is 18.0 Å². The number of piperazine rings is 1. The van der Waals surface area contributed by atoms with Crippen molar-refractivity contribution >= 4 is 29.9 Å². The summed E-state index contributed by atoms with van der Waals surface area (Å²) < 4.78 is 10.2. The third-order valence-corrected chi connectivity index (χ3v) is 3.58. The molecule has 1 aliphatic heterocycles. The van der Waals surface area contributed by atoms with Crippen molar-refractivity contribution in [2.75, 3.05) is 52.5 Å². The van der Waals surface area contributed by atoms with Gasteiger partial charge in [0.1, 0.15) is 6.26 Å². The average Bonchev–Trinajstić information content (AvgIpc) is 3.04. The molecular weight excluding hydrogens is 409 g/mol. The molecule has 0 aromatic carbocycles. The van der Waals surface area contributed by atoms with Crippen molar-refractivity contribution < 1.29 is 9.26 Å². The van der Waals surface area contributed by atoms with Crippen LogP contribution in [0.5, 0.6) is 0 Å². The second-order valence-electron chi connectivity index (χ2n) is 5.19. The zero-order valence-corrected chi connectivity index (χ0v) is 16.4. The Hall–Kier alpha value is -0.870. The van der Waals surface area contributed by atoms with E-state index in [9.17, 15) is 0 Å². The van der Waals surface area contributed by atoms with Crippen molar-refractivity contribution in [3.63, 3.8) is 0 Å². The molecule has 0 unspecified atom stereocenters. The van der Waals surface area contributed by atoms with Crippen molar-refractivity contribution in [1.82, 2.24) is 20.3 Å². The van der Waals surface area contributed by atoms with Crippen LogP contribution in [0.1, 0.15) is 19.5 Å². The van der Waals surface area contributed by atoms with Crippen molar-refractivity contribution in [2.45, 2.75) is 20.4 Å². The standard InChI is InChI=1S/C15H27N5O2.HI/c1-3-16-15(17-6-12-21-4-2)20-9-7-19(8-10-20)13-14-5-11-22-18-14;/h5,11H,3-4,6-10,12-13H2,1-2H3,(H,16,17);1H. The van der Waals surface area contributed by atoms with E-state index in [1.165, 1.54) is 0 Å². The van der Waals surface area contributed by atoms with E-state index in [2.05, 4.69) is 32.2 Å². The Morgan fingerprint density at radius 2 is 2.13 bits per heavy atom. The maximum atomic E-state index is 5.35. The second kappa shape index (κ2) is 11.6. The van der Waals surface area contributed by atoms with Gasteiger partial charge in [-0.2, -0.15) is 0 Å². The van der Waals surface area contributed by atoms with Crippen LogP contribution in [0.3, 0.4) is 0 Å². The van der Waals surface area contributed by atoms with Gasteiger partial charge in [-0.3, -0.25) is 9.89 Å². The second-order valence-corrected chi connectivity index (χ2v) is 5.19. The minimum Gasteiger partial charge on any atom is -0.380 e. The van der Waals surface area contributed by atoms with E-state index in [4.69, 9.17) is 9.26 Å². The first-order valence-corrected chi connectivity index (χ1v) is 8.06. The molecule has 132 valence electrons. The van der Waals surface area contributed by atoms with Gasteiger partial charge in [0.2, 0.25) is 0 Å². The average molecular weight is 437 g/mol. The highest BCUT2D eigenvalue weighted by molar-refractivity contribution is 14.0. The van der Waals surface area contributed by atoms with E-state index >= 15 is 0 Å². The number of aliphatic imine (C=N–C) groups is 1. The highest BCUT2D eigenvalue weighted by atomic mass is 127. The third-order valence-electron chi connectivity index (χ3n) is 3.58. The lowest BCUT2D eigenvalue weighted by Gasteiger charge is -2.36. The Morgan fingerprint density at radius 1 is 1.35 bits per heavy atom. The summed E-state index contributed by atoms with van der Waals surface area (Å²) in [5.74, 6) is 0.989. The highest BCUT2D eigenvalue weighted by Crippen LogP contribution is 2.07. The summed E-state index contributed by atoms with van der Waals surface area (Å²) in [4.78, 5) is 9.34. The number of rotatable bonds is 7. The Morgan fingerprint density at radius 3 is 2.74 bits per heavy atom. The number of guanidine groups is 1. The van der Waals surface area contributed by atoms with Crippen molar-refractivity contribution in [1.29, 1.82) is 0 Å². The molecule has 1 aromatic rings. The zero-order valence-electron chi connectivity index (χ0n) is 14.0. The normalized spacial score (nSPS) is 16.3. The van der Waals surface area contributed by atoms with Gasteiger partial charge in [0.15, 0.2) is 5.96 Å². The molecular formula is C15H28IN5O2. The molecule has 0 aliphatic carbocycles. The van der Waals surface area contributed by atoms with Gasteiger partial charge in [0, 0.05) is 51.9 Å². The number of hydrogen-bond donors (Lipinski definition) is 1. The molecule has 0 saturated carbocycles. The van der Waals surface area contributed by atoms with Gasteiger partial charge in [0.25, 0.3) is 0 Å². The van der Waals surface area contributed by atoms with Crippen LogP contribution in [0, 0.1) is 0 Å². The largest absolute Gasteiger partial charge is 0.380 e. The van der Waals surface area contributed by atoms with Gasteiger partial charge in [-0.05, 0) is 13.8 Å². The summed E-state index contributed by atoms with van der Waals surface area (Å²) in [5, 5.41) is 7.34. The smallest absolute Gasteiger partial charge is 0.194 e. The van der Waals surface area contributed by atoms with Crippen molar-refractivity contribution in [2.24, 2.45) is 4.99 Å². The number of halogens is 1. The van der Waals surface area contributed by atoms with Gasteiger partial charge < -0.3 is 19.5 Å². The first kappa shape index (κ1) is 20.2. The fourth-order valence-corrected chi connectivity index (χ4v) is 2.45. The van der Waals surface area contributed by atoms with E-state index in [0.717, 1.165) is 57.5 Å². The summed E-state index contributed by atoms with van der Waals surface area (Å²) >= 11 is 0. The Bertz CT molecular complexity index is 433. The summed E-state index contributed by atoms with van der Waals surface area (Å²) in [6.07, 6.45) is 1.62. The minimum atomic E-state index is 0. The molecule has 1 saturated heterocycles. The molecule has 0 bridgehead atoms. The van der Waals surface area contributed by atoms with Crippen LogP contribution in [-0.2, 0) is 11.3 Å². The fourth-order valence-electron chi connectivity index (χ4n) is 2.45. The number of nitrogens with zero attached hydrogens (tertiary/aromatic N) is 4. The van der Waals surface area contributed by atoms with Gasteiger partial charge in [-0.25, -0.2) is 0 Å². The Labute approximate surface area is 155 Å². The van der Waals surface area contributed by atoms with Crippen LogP contribution in [0.15, 0.2) is 21.8 Å². The van der Waals surface area contributed by atoms with Crippen LogP contribution < -0.4 is 5.32 Å². The van der Waals surface area contributed by atoms with Crippen molar-refractivity contribution in [3.8, 4) is 0 Å². The quantitative estimate of drug-likeness (QED) is 0.301. The topological polar surface area (TPSA) is 66.1 Å². The summed E-state index contributed by atoms with van der Waals surface area (Å²) in [6, 6.07) is 1.92. The van der Waals surface area contributed by atoms with Gasteiger partial charge in [0.05, 0.1) is 18.8 Å². The first-order valence-electron chi connectivity index (χ1n) is 8.06. The first-order chi connectivity index (χ1) is 10.8. The number of nitrogens with one attached hydrogen (secondary N) is 1. The molecule has 2 heterocycles. The molecule has 0 atom stereocenters. The highest BCUT2D eigenvalue weighted by Gasteiger charge is 2.20. The SMILES string of the molecule is CCNC(=NCCOCC)N1CCN(Cc2ccon2)CC1.I. The van der Waals surface area contributed by atoms with Crippen LogP contribution in [0.25, 0.3) is 0 Å². The number of aromatic nitrogens is 1. The predicted octanol–water partition coefficient (Wildman–Crippen LogP) is 1.41. The molecule has 1 N–H and O–H groups in total. The molecule has 1 fully saturated rings. The molecule has 0 amide bonds. The lowest BCUT2D eigenvalue weighted by molar-refractivity contribution is 0.153. The summed E-state index contributed by atoms with van der Waals surface area (Å²) in [6.45, 7) is 11.9. The van der Waals surface area contributed by atoms with Gasteiger partial charge in [-0.15, -0.1) is 24.0 Å². The van der Waals surface area contributed by atoms with E-state index in [0.29, 0.717) is 13.2 Å². The molecule has 0 radical (unpaired) electrons. The van der Waals surface area contributed by atoms with Crippen LogP contribution in [0.2, 0.25) is 0 Å². The van der Waals surface area contributed by atoms with Crippen LogP contribution >= 0.6 is 24.0 Å². The number of ether oxygens (including phenoxy) is 1. The molecule has 0 spiro atoms. The monoisotopic (exact) mass is 437 g/mol. The maximum Gasteiger partial charge on any atom is 0.194 e. The summed E-state index contributed by atoms with van der Waals surface area (Å²) in [7, 11) is 0. The van der Waals surface area contributed by atoms with E-state index in [1.807, 2.05) is 13.0 Å². The van der Waals surface area contributed by atoms with E-state index < -0.39 is 0 Å². The molecule has 23 heavy (non-hydrogen) atoms. The molecule has 1 aliphatic rings. The molecule has 2 rings (SSSR count). The van der Waals surface area contributed by atoms with Gasteiger partial charge >= 0.3 is 0 Å². The minimum absolute atomic E-state index is 0. The lowest BCUT2D eigenvalue weighted by atomic mass is 10.3. The molecule has 8 heteroatoms. The Kier molecular flexibility index (Phi) is 10.2. The van der Waals surface area contributed by atoms with E-state index in [-0.39, 0.29) is 24.0 Å². The summed E-state index contributed by atoms with van der Waals surface area (Å²) in [5.41, 5.74) is 0.991. The van der Waals surface area contributed by atoms with E-state index in [1.54, 1.807) is 6.26 Å². The van der Waals surface area contributed by atoms with Crippen LogP contribution in [0.4, 0.5) is 0 Å². The predicted molar refractivity (Wildman–Crippen MR) is 101 cm³/mol. The third kappa shape index (κ3) is 7.05. The molecule has 7 nitrogen and oxygen atoms in total. The maximum absolute atomic E-state index is 5.35. The molecule has 1 aromatic heterocycles. The Balaban J connectivity index is 0.00000264. The van der Waals surface area contributed by atoms with Gasteiger partial charge in [-0.1, -0.05) is 5.16 Å².